The highest BCUT2D eigenvalue weighted by Crippen LogP contribution is 2.38. The van der Waals surface area contributed by atoms with Crippen molar-refractivity contribution in [3.05, 3.63) is 33.8 Å². The van der Waals surface area contributed by atoms with Crippen LogP contribution in [0.1, 0.15) is 18.1 Å². The number of benzene rings is 1. The van der Waals surface area contributed by atoms with E-state index in [0.29, 0.717) is 23.5 Å². The number of aromatic amines is 1. The van der Waals surface area contributed by atoms with Crippen molar-refractivity contribution in [1.82, 2.24) is 10.2 Å². The van der Waals surface area contributed by atoms with E-state index >= 15 is 0 Å². The molecule has 1 aromatic heterocycles. The van der Waals surface area contributed by atoms with Gasteiger partial charge in [-0.1, -0.05) is 28.9 Å². The van der Waals surface area contributed by atoms with Gasteiger partial charge in [-0.15, -0.1) is 0 Å². The van der Waals surface area contributed by atoms with E-state index in [1.807, 2.05) is 6.92 Å². The first-order chi connectivity index (χ1) is 8.84. The number of hydrogen-bond acceptors (Lipinski definition) is 2. The Labute approximate surface area is 116 Å². The monoisotopic (exact) mass is 333 g/mol. The Hall–Kier alpha value is -1.50. The molecule has 0 amide bonds. The number of nitrogen functional groups attached to an aromatic ring is 1. The Balaban J connectivity index is 2.58. The molecule has 0 aliphatic carbocycles. The predicted octanol–water partition coefficient (Wildman–Crippen LogP) is 4.00. The van der Waals surface area contributed by atoms with E-state index in [2.05, 4.69) is 26.1 Å². The SMILES string of the molecule is CCc1c(N)n[nH]c1-c1ccc(Br)c(C(F)(F)F)c1. The lowest BCUT2D eigenvalue weighted by Crippen LogP contribution is -2.06. The number of halogens is 4. The minimum absolute atomic E-state index is 0.00860. The number of nitrogens with one attached hydrogen (secondary N) is 1. The van der Waals surface area contributed by atoms with E-state index in [9.17, 15) is 13.2 Å². The van der Waals surface area contributed by atoms with Crippen molar-refractivity contribution < 1.29 is 13.2 Å². The highest BCUT2D eigenvalue weighted by molar-refractivity contribution is 9.10. The van der Waals surface area contributed by atoms with Gasteiger partial charge in [-0.05, 0) is 18.6 Å². The maximum Gasteiger partial charge on any atom is 0.417 e. The lowest BCUT2D eigenvalue weighted by Gasteiger charge is -2.11. The number of anilines is 1. The van der Waals surface area contributed by atoms with Crippen LogP contribution in [0.25, 0.3) is 11.3 Å². The Morgan fingerprint density at radius 3 is 2.63 bits per heavy atom. The Morgan fingerprint density at radius 2 is 2.05 bits per heavy atom. The molecule has 7 heteroatoms. The van der Waals surface area contributed by atoms with Crippen LogP contribution >= 0.6 is 15.9 Å². The van der Waals surface area contributed by atoms with Crippen molar-refractivity contribution in [1.29, 1.82) is 0 Å². The summed E-state index contributed by atoms with van der Waals surface area (Å²) in [6, 6.07) is 4.04. The summed E-state index contributed by atoms with van der Waals surface area (Å²) in [6.07, 6.45) is -3.82. The summed E-state index contributed by atoms with van der Waals surface area (Å²) in [5.74, 6) is 0.314. The lowest BCUT2D eigenvalue weighted by molar-refractivity contribution is -0.138. The number of nitrogens with zero attached hydrogens (tertiary/aromatic N) is 1. The van der Waals surface area contributed by atoms with E-state index in [-0.39, 0.29) is 4.47 Å². The molecule has 1 aromatic carbocycles. The van der Waals surface area contributed by atoms with E-state index in [1.54, 1.807) is 6.07 Å². The third-order valence-electron chi connectivity index (χ3n) is 2.81. The van der Waals surface area contributed by atoms with Gasteiger partial charge < -0.3 is 5.73 Å². The molecule has 0 spiro atoms. The van der Waals surface area contributed by atoms with Crippen LogP contribution in [0.5, 0.6) is 0 Å². The van der Waals surface area contributed by atoms with Crippen molar-refractivity contribution in [2.24, 2.45) is 0 Å². The highest BCUT2D eigenvalue weighted by Gasteiger charge is 2.33. The zero-order chi connectivity index (χ0) is 14.2. The van der Waals surface area contributed by atoms with Crippen molar-refractivity contribution in [3.63, 3.8) is 0 Å². The molecule has 1 heterocycles. The van der Waals surface area contributed by atoms with Gasteiger partial charge in [0.1, 0.15) is 5.82 Å². The summed E-state index contributed by atoms with van der Waals surface area (Å²) < 4.78 is 38.6. The minimum atomic E-state index is -4.41. The molecule has 0 aliphatic rings. The normalized spacial score (nSPS) is 11.8. The molecule has 3 nitrogen and oxygen atoms in total. The van der Waals surface area contributed by atoms with Gasteiger partial charge in [-0.25, -0.2) is 0 Å². The fourth-order valence-corrected chi connectivity index (χ4v) is 2.35. The van der Waals surface area contributed by atoms with Crippen molar-refractivity contribution in [2.45, 2.75) is 19.5 Å². The molecule has 0 saturated heterocycles. The first kappa shape index (κ1) is 13.9. The summed E-state index contributed by atoms with van der Waals surface area (Å²) >= 11 is 2.91. The molecule has 0 atom stereocenters. The van der Waals surface area contributed by atoms with Gasteiger partial charge in [0.25, 0.3) is 0 Å². The minimum Gasteiger partial charge on any atom is -0.382 e. The number of nitrogens with two attached hydrogens (primary N) is 1. The molecular formula is C12H11BrF3N3. The molecule has 0 aliphatic heterocycles. The van der Waals surface area contributed by atoms with E-state index in [1.165, 1.54) is 6.07 Å². The van der Waals surface area contributed by atoms with Crippen molar-refractivity contribution in [3.8, 4) is 11.3 Å². The van der Waals surface area contributed by atoms with Crippen LogP contribution in [0.4, 0.5) is 19.0 Å². The van der Waals surface area contributed by atoms with E-state index in [4.69, 9.17) is 5.73 Å². The summed E-state index contributed by atoms with van der Waals surface area (Å²) in [5, 5.41) is 6.52. The standard InChI is InChI=1S/C12H11BrF3N3/c1-2-7-10(18-19-11(7)17)6-3-4-9(13)8(5-6)12(14,15)16/h3-5H,2H2,1H3,(H3,17,18,19). The number of H-pyrrole nitrogens is 1. The summed E-state index contributed by atoms with van der Waals surface area (Å²) in [7, 11) is 0. The molecule has 2 aromatic rings. The topological polar surface area (TPSA) is 54.7 Å². The van der Waals surface area contributed by atoms with Gasteiger partial charge in [0.15, 0.2) is 0 Å². The van der Waals surface area contributed by atoms with Gasteiger partial charge in [0.05, 0.1) is 11.3 Å². The molecule has 0 unspecified atom stereocenters. The van der Waals surface area contributed by atoms with Crippen LogP contribution < -0.4 is 5.73 Å². The third-order valence-corrected chi connectivity index (χ3v) is 3.50. The highest BCUT2D eigenvalue weighted by atomic mass is 79.9. The fraction of sp³-hybridized carbons (Fsp3) is 0.250. The van der Waals surface area contributed by atoms with Crippen molar-refractivity contribution >= 4 is 21.7 Å². The molecule has 0 saturated carbocycles. The second-order valence-corrected chi connectivity index (χ2v) is 4.86. The van der Waals surface area contributed by atoms with Gasteiger partial charge >= 0.3 is 6.18 Å². The smallest absolute Gasteiger partial charge is 0.382 e. The molecule has 2 rings (SSSR count). The van der Waals surface area contributed by atoms with E-state index < -0.39 is 11.7 Å². The average Bonchev–Trinajstić information content (AvgIpc) is 2.69. The molecule has 3 N–H and O–H groups in total. The first-order valence-electron chi connectivity index (χ1n) is 5.54. The zero-order valence-electron chi connectivity index (χ0n) is 9.98. The summed E-state index contributed by atoms with van der Waals surface area (Å²) in [6.45, 7) is 1.87. The Morgan fingerprint density at radius 1 is 1.37 bits per heavy atom. The predicted molar refractivity (Wildman–Crippen MR) is 70.5 cm³/mol. The molecule has 19 heavy (non-hydrogen) atoms. The molecular weight excluding hydrogens is 323 g/mol. The van der Waals surface area contributed by atoms with Crippen LogP contribution in [0, 0.1) is 0 Å². The second kappa shape index (κ2) is 4.88. The Bertz CT molecular complexity index is 605. The van der Waals surface area contributed by atoms with Crippen LogP contribution in [0.3, 0.4) is 0 Å². The molecule has 0 fully saturated rings. The zero-order valence-corrected chi connectivity index (χ0v) is 11.6. The number of alkyl halides is 3. The van der Waals surface area contributed by atoms with Crippen LogP contribution in [-0.4, -0.2) is 10.2 Å². The Kier molecular flexibility index (Phi) is 3.58. The summed E-state index contributed by atoms with van der Waals surface area (Å²) in [5.41, 5.74) is 6.60. The summed E-state index contributed by atoms with van der Waals surface area (Å²) in [4.78, 5) is 0. The number of aromatic nitrogens is 2. The molecule has 102 valence electrons. The van der Waals surface area contributed by atoms with Crippen LogP contribution in [-0.2, 0) is 12.6 Å². The number of hydrogen-bond donors (Lipinski definition) is 2. The first-order valence-corrected chi connectivity index (χ1v) is 6.33. The average molecular weight is 334 g/mol. The van der Waals surface area contributed by atoms with Crippen LogP contribution in [0.2, 0.25) is 0 Å². The van der Waals surface area contributed by atoms with Crippen molar-refractivity contribution in [2.75, 3.05) is 5.73 Å². The second-order valence-electron chi connectivity index (χ2n) is 4.01. The maximum absolute atomic E-state index is 12.9. The lowest BCUT2D eigenvalue weighted by atomic mass is 10.0. The van der Waals surface area contributed by atoms with Crippen LogP contribution in [0.15, 0.2) is 22.7 Å². The van der Waals surface area contributed by atoms with Gasteiger partial charge in [-0.2, -0.15) is 18.3 Å². The van der Waals surface area contributed by atoms with Gasteiger partial charge in [0, 0.05) is 15.6 Å². The quantitative estimate of drug-likeness (QED) is 0.872. The van der Waals surface area contributed by atoms with Gasteiger partial charge in [-0.3, -0.25) is 5.10 Å². The number of rotatable bonds is 2. The maximum atomic E-state index is 12.9. The van der Waals surface area contributed by atoms with Gasteiger partial charge in [0.2, 0.25) is 0 Å². The van der Waals surface area contributed by atoms with E-state index in [0.717, 1.165) is 11.6 Å². The third kappa shape index (κ3) is 2.60. The molecule has 0 radical (unpaired) electrons. The largest absolute Gasteiger partial charge is 0.417 e. The fourth-order valence-electron chi connectivity index (χ4n) is 1.87. The molecule has 0 bridgehead atoms.